The van der Waals surface area contributed by atoms with Gasteiger partial charge in [-0.2, -0.15) is 0 Å². The Hall–Kier alpha value is -0.770. The lowest BCUT2D eigenvalue weighted by molar-refractivity contribution is 0.0985. The predicted octanol–water partition coefficient (Wildman–Crippen LogP) is 2.53. The SMILES string of the molecule is COc1cc(Cl)cc(C(=O)CCN)c1Cl. The second-order valence-corrected chi connectivity index (χ2v) is 3.75. The van der Waals surface area contributed by atoms with Crippen LogP contribution in [0.5, 0.6) is 5.75 Å². The molecule has 1 rings (SSSR count). The monoisotopic (exact) mass is 247 g/mol. The molecular weight excluding hydrogens is 237 g/mol. The lowest BCUT2D eigenvalue weighted by atomic mass is 10.1. The van der Waals surface area contributed by atoms with E-state index in [0.29, 0.717) is 16.3 Å². The van der Waals surface area contributed by atoms with Gasteiger partial charge in [0.05, 0.1) is 12.1 Å². The van der Waals surface area contributed by atoms with Crippen molar-refractivity contribution in [2.24, 2.45) is 5.73 Å². The van der Waals surface area contributed by atoms with Crippen molar-refractivity contribution in [3.05, 3.63) is 27.7 Å². The van der Waals surface area contributed by atoms with E-state index in [-0.39, 0.29) is 23.8 Å². The van der Waals surface area contributed by atoms with Crippen LogP contribution in [0.3, 0.4) is 0 Å². The second-order valence-electron chi connectivity index (χ2n) is 2.93. The maximum Gasteiger partial charge on any atom is 0.165 e. The summed E-state index contributed by atoms with van der Waals surface area (Å²) in [4.78, 5) is 11.6. The Bertz CT molecular complexity index is 380. The van der Waals surface area contributed by atoms with Crippen molar-refractivity contribution in [3.8, 4) is 5.75 Å². The topological polar surface area (TPSA) is 52.3 Å². The molecule has 3 nitrogen and oxygen atoms in total. The van der Waals surface area contributed by atoms with E-state index in [1.54, 1.807) is 6.07 Å². The minimum Gasteiger partial charge on any atom is -0.495 e. The van der Waals surface area contributed by atoms with Crippen molar-refractivity contribution < 1.29 is 9.53 Å². The first kappa shape index (κ1) is 12.3. The zero-order chi connectivity index (χ0) is 11.4. The summed E-state index contributed by atoms with van der Waals surface area (Å²) in [5.74, 6) is 0.257. The number of halogens is 2. The third kappa shape index (κ3) is 2.84. The van der Waals surface area contributed by atoms with Crippen molar-refractivity contribution >= 4 is 29.0 Å². The van der Waals surface area contributed by atoms with Gasteiger partial charge in [0.1, 0.15) is 5.75 Å². The number of carbonyl (C=O) groups is 1. The molecule has 0 unspecified atom stereocenters. The molecule has 1 aromatic carbocycles. The summed E-state index contributed by atoms with van der Waals surface area (Å²) >= 11 is 11.8. The molecule has 15 heavy (non-hydrogen) atoms. The fourth-order valence-corrected chi connectivity index (χ4v) is 1.68. The summed E-state index contributed by atoms with van der Waals surface area (Å²) in [6, 6.07) is 3.08. The zero-order valence-corrected chi connectivity index (χ0v) is 9.73. The van der Waals surface area contributed by atoms with Gasteiger partial charge in [0.2, 0.25) is 0 Å². The molecule has 0 bridgehead atoms. The summed E-state index contributed by atoms with van der Waals surface area (Å²) in [7, 11) is 1.47. The summed E-state index contributed by atoms with van der Waals surface area (Å²) in [6.45, 7) is 0.282. The van der Waals surface area contributed by atoms with Crippen LogP contribution in [-0.4, -0.2) is 19.4 Å². The van der Waals surface area contributed by atoms with Crippen LogP contribution in [0.4, 0.5) is 0 Å². The van der Waals surface area contributed by atoms with Crippen molar-refractivity contribution in [1.82, 2.24) is 0 Å². The first-order chi connectivity index (χ1) is 7.10. The molecule has 0 aliphatic carbocycles. The quantitative estimate of drug-likeness (QED) is 0.833. The maximum atomic E-state index is 11.6. The molecule has 0 atom stereocenters. The number of hydrogen-bond acceptors (Lipinski definition) is 3. The molecule has 0 amide bonds. The van der Waals surface area contributed by atoms with Crippen LogP contribution in [0, 0.1) is 0 Å². The maximum absolute atomic E-state index is 11.6. The van der Waals surface area contributed by atoms with Gasteiger partial charge in [-0.3, -0.25) is 4.79 Å². The highest BCUT2D eigenvalue weighted by atomic mass is 35.5. The number of ketones is 1. The number of Topliss-reactive ketones (excluding diaryl/α,β-unsaturated/α-hetero) is 1. The highest BCUT2D eigenvalue weighted by molar-refractivity contribution is 6.37. The predicted molar refractivity (Wildman–Crippen MR) is 61.0 cm³/mol. The van der Waals surface area contributed by atoms with E-state index < -0.39 is 0 Å². The van der Waals surface area contributed by atoms with E-state index in [1.807, 2.05) is 0 Å². The Balaban J connectivity index is 3.17. The highest BCUT2D eigenvalue weighted by Crippen LogP contribution is 2.32. The van der Waals surface area contributed by atoms with Crippen LogP contribution in [0.25, 0.3) is 0 Å². The Morgan fingerprint density at radius 3 is 2.67 bits per heavy atom. The zero-order valence-electron chi connectivity index (χ0n) is 8.22. The minimum atomic E-state index is -0.136. The van der Waals surface area contributed by atoms with Crippen LogP contribution >= 0.6 is 23.2 Å². The molecule has 5 heteroatoms. The summed E-state index contributed by atoms with van der Waals surface area (Å²) in [5.41, 5.74) is 5.65. The molecule has 82 valence electrons. The molecule has 0 fully saturated rings. The van der Waals surface area contributed by atoms with E-state index in [2.05, 4.69) is 0 Å². The van der Waals surface area contributed by atoms with Crippen molar-refractivity contribution in [3.63, 3.8) is 0 Å². The number of benzene rings is 1. The first-order valence-electron chi connectivity index (χ1n) is 4.36. The number of methoxy groups -OCH3 is 1. The Labute approximate surface area is 98.1 Å². The molecular formula is C10H11Cl2NO2. The normalized spacial score (nSPS) is 10.1. The van der Waals surface area contributed by atoms with E-state index in [0.717, 1.165) is 0 Å². The molecule has 0 spiro atoms. The number of carbonyl (C=O) groups excluding carboxylic acids is 1. The van der Waals surface area contributed by atoms with Gasteiger partial charge in [-0.1, -0.05) is 23.2 Å². The molecule has 0 heterocycles. The van der Waals surface area contributed by atoms with E-state index in [4.69, 9.17) is 33.7 Å². The lowest BCUT2D eigenvalue weighted by Gasteiger charge is -2.08. The van der Waals surface area contributed by atoms with Crippen LogP contribution in [0.1, 0.15) is 16.8 Å². The highest BCUT2D eigenvalue weighted by Gasteiger charge is 2.14. The van der Waals surface area contributed by atoms with Gasteiger partial charge in [-0.25, -0.2) is 0 Å². The number of hydrogen-bond donors (Lipinski definition) is 1. The van der Waals surface area contributed by atoms with E-state index in [9.17, 15) is 4.79 Å². The lowest BCUT2D eigenvalue weighted by Crippen LogP contribution is -2.09. The summed E-state index contributed by atoms with van der Waals surface area (Å²) < 4.78 is 4.99. The molecule has 0 radical (unpaired) electrons. The average Bonchev–Trinajstić information content (AvgIpc) is 2.21. The fraction of sp³-hybridized carbons (Fsp3) is 0.300. The molecule has 1 aromatic rings. The van der Waals surface area contributed by atoms with Gasteiger partial charge in [0, 0.05) is 23.1 Å². The molecule has 0 aromatic heterocycles. The fourth-order valence-electron chi connectivity index (χ4n) is 1.18. The van der Waals surface area contributed by atoms with Crippen LogP contribution in [0.15, 0.2) is 12.1 Å². The largest absolute Gasteiger partial charge is 0.495 e. The summed E-state index contributed by atoms with van der Waals surface area (Å²) in [6.07, 6.45) is 0.239. The standard InChI is InChI=1S/C10H11Cl2NO2/c1-15-9-5-6(11)4-7(10(9)12)8(14)2-3-13/h4-5H,2-3,13H2,1H3. The minimum absolute atomic E-state index is 0.136. The number of nitrogens with two attached hydrogens (primary N) is 1. The van der Waals surface area contributed by atoms with Gasteiger partial charge < -0.3 is 10.5 Å². The Kier molecular flexibility index (Phi) is 4.39. The Morgan fingerprint density at radius 2 is 2.13 bits per heavy atom. The molecule has 0 aliphatic heterocycles. The van der Waals surface area contributed by atoms with Gasteiger partial charge >= 0.3 is 0 Å². The molecule has 0 aliphatic rings. The van der Waals surface area contributed by atoms with Crippen molar-refractivity contribution in [2.75, 3.05) is 13.7 Å². The average molecular weight is 248 g/mol. The van der Waals surface area contributed by atoms with Gasteiger partial charge in [0.15, 0.2) is 5.78 Å². The third-order valence-electron chi connectivity index (χ3n) is 1.90. The van der Waals surface area contributed by atoms with Gasteiger partial charge in [0.25, 0.3) is 0 Å². The first-order valence-corrected chi connectivity index (χ1v) is 5.12. The third-order valence-corrected chi connectivity index (χ3v) is 2.50. The summed E-state index contributed by atoms with van der Waals surface area (Å²) in [5, 5.41) is 0.692. The second kappa shape index (κ2) is 5.35. The van der Waals surface area contributed by atoms with Gasteiger partial charge in [-0.05, 0) is 12.6 Å². The van der Waals surface area contributed by atoms with E-state index >= 15 is 0 Å². The van der Waals surface area contributed by atoms with Crippen molar-refractivity contribution in [2.45, 2.75) is 6.42 Å². The van der Waals surface area contributed by atoms with Crippen LogP contribution in [0.2, 0.25) is 10.0 Å². The molecule has 0 saturated heterocycles. The Morgan fingerprint density at radius 1 is 1.47 bits per heavy atom. The number of rotatable bonds is 4. The van der Waals surface area contributed by atoms with E-state index in [1.165, 1.54) is 13.2 Å². The molecule has 2 N–H and O–H groups in total. The van der Waals surface area contributed by atoms with Gasteiger partial charge in [-0.15, -0.1) is 0 Å². The molecule has 0 saturated carbocycles. The number of ether oxygens (including phenoxy) is 1. The van der Waals surface area contributed by atoms with Crippen LogP contribution in [-0.2, 0) is 0 Å². The van der Waals surface area contributed by atoms with Crippen LogP contribution < -0.4 is 10.5 Å². The smallest absolute Gasteiger partial charge is 0.165 e. The van der Waals surface area contributed by atoms with Crippen molar-refractivity contribution in [1.29, 1.82) is 0 Å².